The van der Waals surface area contributed by atoms with Gasteiger partial charge in [0, 0.05) is 0 Å². The summed E-state index contributed by atoms with van der Waals surface area (Å²) in [7, 11) is 2.04. The second-order valence-electron chi connectivity index (χ2n) is 3.70. The Morgan fingerprint density at radius 1 is 1.17 bits per heavy atom. The SMILES string of the molecule is Cc1ccccc1C(C)(C)[PH3+].[Br-]. The van der Waals surface area contributed by atoms with Crippen molar-refractivity contribution in [2.24, 2.45) is 0 Å². The Hall–Kier alpha value is 0.130. The monoisotopic (exact) mass is 246 g/mol. The van der Waals surface area contributed by atoms with Gasteiger partial charge in [0.15, 0.2) is 0 Å². The van der Waals surface area contributed by atoms with Crippen LogP contribution in [0.25, 0.3) is 0 Å². The molecule has 68 valence electrons. The van der Waals surface area contributed by atoms with Gasteiger partial charge < -0.3 is 17.0 Å². The van der Waals surface area contributed by atoms with Crippen LogP contribution in [0.15, 0.2) is 24.3 Å². The van der Waals surface area contributed by atoms with Gasteiger partial charge in [-0.15, -0.1) is 0 Å². The van der Waals surface area contributed by atoms with Crippen LogP contribution in [0, 0.1) is 6.92 Å². The third kappa shape index (κ3) is 2.88. The van der Waals surface area contributed by atoms with Crippen LogP contribution >= 0.6 is 9.24 Å². The maximum atomic E-state index is 2.26. The molecule has 0 nitrogen and oxygen atoms in total. The van der Waals surface area contributed by atoms with Crippen molar-refractivity contribution >= 4 is 9.24 Å². The number of hydrogen-bond acceptors (Lipinski definition) is 0. The van der Waals surface area contributed by atoms with Crippen molar-refractivity contribution in [2.45, 2.75) is 25.9 Å². The zero-order valence-corrected chi connectivity index (χ0v) is 10.9. The summed E-state index contributed by atoms with van der Waals surface area (Å²) < 4.78 is 0. The highest BCUT2D eigenvalue weighted by Gasteiger charge is 2.19. The normalized spacial score (nSPS) is 10.9. The fourth-order valence-corrected chi connectivity index (χ4v) is 1.73. The summed E-state index contributed by atoms with van der Waals surface area (Å²) in [4.78, 5) is 0. The molecule has 0 aromatic heterocycles. The number of aryl methyl sites for hydroxylation is 1. The van der Waals surface area contributed by atoms with E-state index in [9.17, 15) is 0 Å². The highest BCUT2D eigenvalue weighted by atomic mass is 79.9. The van der Waals surface area contributed by atoms with Crippen LogP contribution in [0.5, 0.6) is 0 Å². The van der Waals surface area contributed by atoms with Crippen molar-refractivity contribution in [3.8, 4) is 0 Å². The molecule has 0 radical (unpaired) electrons. The molecule has 0 fully saturated rings. The van der Waals surface area contributed by atoms with Gasteiger partial charge in [-0.2, -0.15) is 0 Å². The van der Waals surface area contributed by atoms with Crippen molar-refractivity contribution < 1.29 is 17.0 Å². The average Bonchev–Trinajstić information content (AvgIpc) is 1.86. The first kappa shape index (κ1) is 12.1. The van der Waals surface area contributed by atoms with E-state index in [1.807, 2.05) is 9.24 Å². The van der Waals surface area contributed by atoms with Crippen molar-refractivity contribution in [3.63, 3.8) is 0 Å². The minimum atomic E-state index is 0. The lowest BCUT2D eigenvalue weighted by atomic mass is 9.97. The van der Waals surface area contributed by atoms with Crippen LogP contribution < -0.4 is 17.0 Å². The molecule has 1 aromatic rings. The predicted octanol–water partition coefficient (Wildman–Crippen LogP) is -0.158. The largest absolute Gasteiger partial charge is 1.00 e. The van der Waals surface area contributed by atoms with Gasteiger partial charge >= 0.3 is 0 Å². The van der Waals surface area contributed by atoms with Crippen LogP contribution in [0.3, 0.4) is 0 Å². The van der Waals surface area contributed by atoms with Crippen molar-refractivity contribution in [1.29, 1.82) is 0 Å². The van der Waals surface area contributed by atoms with Crippen molar-refractivity contribution in [1.82, 2.24) is 0 Å². The van der Waals surface area contributed by atoms with Crippen LogP contribution in [-0.4, -0.2) is 0 Å². The first-order chi connectivity index (χ1) is 5.02. The second-order valence-corrected chi connectivity index (χ2v) is 5.47. The summed E-state index contributed by atoms with van der Waals surface area (Å²) in [6.45, 7) is 6.69. The first-order valence-electron chi connectivity index (χ1n) is 3.93. The molecular weight excluding hydrogens is 231 g/mol. The molecule has 0 aliphatic carbocycles. The fourth-order valence-electron chi connectivity index (χ4n) is 1.33. The molecule has 0 bridgehead atoms. The standard InChI is InChI=1S/C10H15P.BrH/c1-8-6-4-5-7-9(8)10(2,3)11;/h4-7H,11H2,1-3H3;1H. The maximum Gasteiger partial charge on any atom is 0.0924 e. The summed E-state index contributed by atoms with van der Waals surface area (Å²) in [5.74, 6) is 0. The van der Waals surface area contributed by atoms with Crippen LogP contribution in [0.4, 0.5) is 0 Å². The van der Waals surface area contributed by atoms with Crippen molar-refractivity contribution in [3.05, 3.63) is 35.4 Å². The molecular formula is C10H16BrP. The van der Waals surface area contributed by atoms with Gasteiger partial charge in [-0.25, -0.2) is 0 Å². The van der Waals surface area contributed by atoms with Crippen LogP contribution in [-0.2, 0) is 5.16 Å². The third-order valence-electron chi connectivity index (χ3n) is 1.87. The van der Waals surface area contributed by atoms with E-state index in [0.29, 0.717) is 5.16 Å². The summed E-state index contributed by atoms with van der Waals surface area (Å²) in [5.41, 5.74) is 2.85. The zero-order valence-electron chi connectivity index (χ0n) is 7.89. The first-order valence-corrected chi connectivity index (χ1v) is 4.64. The maximum absolute atomic E-state index is 2.26. The summed E-state index contributed by atoms with van der Waals surface area (Å²) in [6.07, 6.45) is 0. The zero-order chi connectivity index (χ0) is 8.48. The Bertz CT molecular complexity index is 250. The molecule has 0 aliphatic heterocycles. The Morgan fingerprint density at radius 2 is 1.67 bits per heavy atom. The van der Waals surface area contributed by atoms with E-state index in [1.54, 1.807) is 0 Å². The van der Waals surface area contributed by atoms with Gasteiger partial charge in [0.1, 0.15) is 0 Å². The van der Waals surface area contributed by atoms with E-state index in [1.165, 1.54) is 11.1 Å². The van der Waals surface area contributed by atoms with Gasteiger partial charge in [-0.05, 0) is 41.1 Å². The molecule has 0 amide bonds. The molecule has 1 rings (SSSR count). The highest BCUT2D eigenvalue weighted by molar-refractivity contribution is 7.18. The van der Waals surface area contributed by atoms with Crippen molar-refractivity contribution in [2.75, 3.05) is 0 Å². The smallest absolute Gasteiger partial charge is 0.0924 e. The molecule has 2 heteroatoms. The van der Waals surface area contributed by atoms with E-state index in [4.69, 9.17) is 0 Å². The molecule has 1 atom stereocenters. The van der Waals surface area contributed by atoms with E-state index in [-0.39, 0.29) is 17.0 Å². The van der Waals surface area contributed by atoms with E-state index < -0.39 is 0 Å². The Balaban J connectivity index is 0.00000121. The van der Waals surface area contributed by atoms with E-state index >= 15 is 0 Å². The fraction of sp³-hybridized carbons (Fsp3) is 0.400. The number of hydrogen-bond donors (Lipinski definition) is 0. The molecule has 0 aliphatic rings. The summed E-state index contributed by atoms with van der Waals surface area (Å²) in [5, 5.41) is 0.311. The van der Waals surface area contributed by atoms with Crippen LogP contribution in [0.1, 0.15) is 25.0 Å². The number of halogens is 1. The Morgan fingerprint density at radius 3 is 2.00 bits per heavy atom. The highest BCUT2D eigenvalue weighted by Crippen LogP contribution is 2.31. The van der Waals surface area contributed by atoms with Gasteiger partial charge in [0.2, 0.25) is 0 Å². The van der Waals surface area contributed by atoms with Gasteiger partial charge in [-0.1, -0.05) is 24.3 Å². The second kappa shape index (κ2) is 4.39. The molecule has 0 saturated heterocycles. The predicted molar refractivity (Wildman–Crippen MR) is 55.3 cm³/mol. The molecule has 0 saturated carbocycles. The van der Waals surface area contributed by atoms with Gasteiger partial charge in [0.05, 0.1) is 5.16 Å². The Labute approximate surface area is 87.7 Å². The summed E-state index contributed by atoms with van der Waals surface area (Å²) in [6, 6.07) is 8.58. The minimum Gasteiger partial charge on any atom is -1.00 e. The molecule has 1 unspecified atom stereocenters. The van der Waals surface area contributed by atoms with Gasteiger partial charge in [-0.3, -0.25) is 0 Å². The van der Waals surface area contributed by atoms with E-state index in [2.05, 4.69) is 45.0 Å². The minimum absolute atomic E-state index is 0. The quantitative estimate of drug-likeness (QED) is 0.605. The lowest BCUT2D eigenvalue weighted by Crippen LogP contribution is -3.00. The average molecular weight is 247 g/mol. The van der Waals surface area contributed by atoms with E-state index in [0.717, 1.165) is 0 Å². The summed E-state index contributed by atoms with van der Waals surface area (Å²) >= 11 is 0. The molecule has 0 spiro atoms. The van der Waals surface area contributed by atoms with Gasteiger partial charge in [0.25, 0.3) is 0 Å². The van der Waals surface area contributed by atoms with Crippen LogP contribution in [0.2, 0.25) is 0 Å². The topological polar surface area (TPSA) is 0 Å². The Kier molecular flexibility index (Phi) is 4.44. The number of rotatable bonds is 1. The number of benzene rings is 1. The lowest BCUT2D eigenvalue weighted by molar-refractivity contribution is -0.00000246. The molecule has 0 heterocycles. The molecule has 0 N–H and O–H groups in total. The third-order valence-corrected chi connectivity index (χ3v) is 2.26. The molecule has 1 aromatic carbocycles. The lowest BCUT2D eigenvalue weighted by Gasteiger charge is -2.15. The molecule has 12 heavy (non-hydrogen) atoms.